The lowest BCUT2D eigenvalue weighted by atomic mass is 10.1. The van der Waals surface area contributed by atoms with Crippen molar-refractivity contribution in [3.05, 3.63) is 29.6 Å². The fourth-order valence-corrected chi connectivity index (χ4v) is 1.61. The Morgan fingerprint density at radius 3 is 2.88 bits per heavy atom. The molecule has 0 unspecified atom stereocenters. The van der Waals surface area contributed by atoms with Crippen LogP contribution in [0.1, 0.15) is 22.6 Å². The Bertz CT molecular complexity index is 455. The molecule has 0 aliphatic carbocycles. The number of carbonyl (C=O) groups is 1. The molecule has 4 N–H and O–H groups in total. The lowest BCUT2D eigenvalue weighted by molar-refractivity contribution is 0.0996. The summed E-state index contributed by atoms with van der Waals surface area (Å²) >= 11 is 0. The molecule has 0 saturated heterocycles. The van der Waals surface area contributed by atoms with Crippen LogP contribution in [0.3, 0.4) is 0 Å². The van der Waals surface area contributed by atoms with E-state index >= 15 is 0 Å². The Morgan fingerprint density at radius 2 is 2.25 bits per heavy atom. The average molecular weight is 219 g/mol. The maximum Gasteiger partial charge on any atom is 0.269 e. The van der Waals surface area contributed by atoms with Gasteiger partial charge in [0, 0.05) is 0 Å². The van der Waals surface area contributed by atoms with E-state index in [2.05, 4.69) is 4.98 Å². The minimum absolute atomic E-state index is 0.130. The lowest BCUT2D eigenvalue weighted by Gasteiger charge is -2.13. The molecule has 0 fully saturated rings. The summed E-state index contributed by atoms with van der Waals surface area (Å²) in [5, 5.41) is 0. The summed E-state index contributed by atoms with van der Waals surface area (Å²) in [4.78, 5) is 15.3. The minimum atomic E-state index is -0.605. The van der Waals surface area contributed by atoms with Crippen molar-refractivity contribution in [3.8, 4) is 0 Å². The van der Waals surface area contributed by atoms with Crippen molar-refractivity contribution in [1.29, 1.82) is 0 Å². The molecule has 1 aliphatic heterocycles. The number of hydrogen-bond acceptors (Lipinski definition) is 4. The van der Waals surface area contributed by atoms with Crippen molar-refractivity contribution in [2.45, 2.75) is 6.42 Å². The van der Waals surface area contributed by atoms with Crippen molar-refractivity contribution in [2.24, 2.45) is 5.73 Å². The van der Waals surface area contributed by atoms with Gasteiger partial charge in [0.15, 0.2) is 5.69 Å². The third-order valence-electron chi connectivity index (χ3n) is 2.45. The molecule has 2 rings (SSSR count). The highest BCUT2D eigenvalue weighted by Gasteiger charge is 2.12. The van der Waals surface area contributed by atoms with Crippen LogP contribution in [0.2, 0.25) is 0 Å². The van der Waals surface area contributed by atoms with Crippen LogP contribution >= 0.6 is 0 Å². The van der Waals surface area contributed by atoms with E-state index in [1.54, 1.807) is 12.1 Å². The van der Waals surface area contributed by atoms with Crippen LogP contribution in [0.4, 0.5) is 5.69 Å². The van der Waals surface area contributed by atoms with Crippen molar-refractivity contribution in [3.63, 3.8) is 0 Å². The Labute approximate surface area is 93.1 Å². The normalized spacial score (nSPS) is 15.6. The summed E-state index contributed by atoms with van der Waals surface area (Å²) < 4.78 is 5.20. The van der Waals surface area contributed by atoms with Crippen LogP contribution < -0.4 is 11.5 Å². The van der Waals surface area contributed by atoms with Crippen molar-refractivity contribution in [2.75, 3.05) is 18.9 Å². The summed E-state index contributed by atoms with van der Waals surface area (Å²) in [6, 6.07) is 3.44. The van der Waals surface area contributed by atoms with Gasteiger partial charge in [0.2, 0.25) is 0 Å². The number of rotatable bonds is 2. The first kappa shape index (κ1) is 10.6. The van der Waals surface area contributed by atoms with E-state index in [0.29, 0.717) is 18.9 Å². The summed E-state index contributed by atoms with van der Waals surface area (Å²) in [5.74, 6) is -0.605. The van der Waals surface area contributed by atoms with Gasteiger partial charge in [-0.3, -0.25) is 4.79 Å². The van der Waals surface area contributed by atoms with Crippen molar-refractivity contribution in [1.82, 2.24) is 4.98 Å². The number of anilines is 1. The quantitative estimate of drug-likeness (QED) is 0.760. The molecule has 0 bridgehead atoms. The summed E-state index contributed by atoms with van der Waals surface area (Å²) in [6.45, 7) is 1.25. The summed E-state index contributed by atoms with van der Waals surface area (Å²) in [6.07, 6.45) is 2.74. The first-order valence-electron chi connectivity index (χ1n) is 5.02. The number of nitrogen functional groups attached to an aromatic ring is 1. The number of amides is 1. The number of primary amides is 1. The van der Waals surface area contributed by atoms with E-state index in [1.807, 2.05) is 6.08 Å². The van der Waals surface area contributed by atoms with Gasteiger partial charge in [0.05, 0.1) is 24.6 Å². The second-order valence-electron chi connectivity index (χ2n) is 3.55. The molecule has 0 saturated carbocycles. The largest absolute Gasteiger partial charge is 0.397 e. The van der Waals surface area contributed by atoms with Crippen LogP contribution in [-0.2, 0) is 4.74 Å². The number of hydrogen-bond donors (Lipinski definition) is 2. The lowest BCUT2D eigenvalue weighted by Crippen LogP contribution is -2.17. The summed E-state index contributed by atoms with van der Waals surface area (Å²) in [5.41, 5.74) is 13.0. The van der Waals surface area contributed by atoms with Crippen LogP contribution in [0.5, 0.6) is 0 Å². The van der Waals surface area contributed by atoms with Gasteiger partial charge < -0.3 is 16.2 Å². The summed E-state index contributed by atoms with van der Waals surface area (Å²) in [7, 11) is 0. The number of pyridine rings is 1. The maximum absolute atomic E-state index is 11.1. The topological polar surface area (TPSA) is 91.2 Å². The van der Waals surface area contributed by atoms with E-state index in [0.717, 1.165) is 17.7 Å². The zero-order valence-electron chi connectivity index (χ0n) is 8.77. The zero-order chi connectivity index (χ0) is 11.5. The van der Waals surface area contributed by atoms with Crippen LogP contribution in [0.25, 0.3) is 5.57 Å². The smallest absolute Gasteiger partial charge is 0.269 e. The van der Waals surface area contributed by atoms with Crippen molar-refractivity contribution < 1.29 is 9.53 Å². The van der Waals surface area contributed by atoms with E-state index < -0.39 is 5.91 Å². The third-order valence-corrected chi connectivity index (χ3v) is 2.45. The molecule has 16 heavy (non-hydrogen) atoms. The minimum Gasteiger partial charge on any atom is -0.397 e. The number of nitrogens with zero attached hydrogens (tertiary/aromatic N) is 1. The zero-order valence-corrected chi connectivity index (χ0v) is 8.77. The highest BCUT2D eigenvalue weighted by molar-refractivity contribution is 5.96. The maximum atomic E-state index is 11.1. The number of nitrogens with two attached hydrogens (primary N) is 2. The predicted octanol–water partition coefficient (Wildman–Crippen LogP) is 0.566. The van der Waals surface area contributed by atoms with Gasteiger partial charge in [-0.05, 0) is 24.1 Å². The highest BCUT2D eigenvalue weighted by Crippen LogP contribution is 2.21. The van der Waals surface area contributed by atoms with Crippen LogP contribution in [0.15, 0.2) is 18.2 Å². The molecule has 1 aliphatic rings. The molecule has 1 aromatic rings. The van der Waals surface area contributed by atoms with E-state index in [9.17, 15) is 4.79 Å². The average Bonchev–Trinajstić information content (AvgIpc) is 2.30. The van der Waals surface area contributed by atoms with E-state index in [-0.39, 0.29) is 5.69 Å². The Balaban J connectivity index is 2.39. The van der Waals surface area contributed by atoms with Gasteiger partial charge in [0.25, 0.3) is 5.91 Å². The molecular formula is C11H13N3O2. The van der Waals surface area contributed by atoms with Crippen LogP contribution in [0, 0.1) is 0 Å². The highest BCUT2D eigenvalue weighted by atomic mass is 16.5. The first-order chi connectivity index (χ1) is 7.68. The molecule has 0 aromatic carbocycles. The Hall–Kier alpha value is -1.88. The molecule has 2 heterocycles. The molecule has 5 heteroatoms. The molecule has 5 nitrogen and oxygen atoms in total. The molecule has 1 amide bonds. The third kappa shape index (κ3) is 2.04. The predicted molar refractivity (Wildman–Crippen MR) is 60.6 cm³/mol. The van der Waals surface area contributed by atoms with E-state index in [4.69, 9.17) is 16.2 Å². The van der Waals surface area contributed by atoms with Gasteiger partial charge in [0.1, 0.15) is 0 Å². The number of aromatic nitrogens is 1. The number of carbonyl (C=O) groups excluding carboxylic acids is 1. The monoisotopic (exact) mass is 219 g/mol. The fraction of sp³-hybridized carbons (Fsp3) is 0.273. The molecule has 1 aromatic heterocycles. The SMILES string of the molecule is NC(=O)c1nc(C2=CCOCC2)ccc1N. The van der Waals surface area contributed by atoms with Gasteiger partial charge in [-0.15, -0.1) is 0 Å². The number of ether oxygens (including phenoxy) is 1. The molecule has 84 valence electrons. The molecule has 0 spiro atoms. The van der Waals surface area contributed by atoms with Gasteiger partial charge >= 0.3 is 0 Å². The van der Waals surface area contributed by atoms with Crippen molar-refractivity contribution >= 4 is 17.2 Å². The second kappa shape index (κ2) is 4.32. The first-order valence-corrected chi connectivity index (χ1v) is 5.02. The standard InChI is InChI=1S/C11H13N3O2/c12-8-1-2-9(14-10(8)11(13)15)7-3-5-16-6-4-7/h1-3H,4-6,12H2,(H2,13,15). The fourth-order valence-electron chi connectivity index (χ4n) is 1.61. The van der Waals surface area contributed by atoms with Gasteiger partial charge in [-0.2, -0.15) is 0 Å². The van der Waals surface area contributed by atoms with Gasteiger partial charge in [-0.1, -0.05) is 6.08 Å². The Kier molecular flexibility index (Phi) is 2.87. The molecular weight excluding hydrogens is 206 g/mol. The van der Waals surface area contributed by atoms with E-state index in [1.165, 1.54) is 0 Å². The Morgan fingerprint density at radius 1 is 1.44 bits per heavy atom. The molecule has 0 atom stereocenters. The van der Waals surface area contributed by atoms with Gasteiger partial charge in [-0.25, -0.2) is 4.98 Å². The van der Waals surface area contributed by atoms with Crippen LogP contribution in [-0.4, -0.2) is 24.1 Å². The molecule has 0 radical (unpaired) electrons. The second-order valence-corrected chi connectivity index (χ2v) is 3.55.